The molecule has 2 aliphatic heterocycles. The van der Waals surface area contributed by atoms with Crippen LogP contribution >= 0.6 is 0 Å². The first-order valence-electron chi connectivity index (χ1n) is 13.6. The number of hydrogen-bond donors (Lipinski definition) is 4. The van der Waals surface area contributed by atoms with Gasteiger partial charge in [0, 0.05) is 68.0 Å². The van der Waals surface area contributed by atoms with Gasteiger partial charge in [-0.1, -0.05) is 0 Å². The highest BCUT2D eigenvalue weighted by Crippen LogP contribution is 2.29. The number of ether oxygens (including phenoxy) is 2. The van der Waals surface area contributed by atoms with E-state index in [-0.39, 0.29) is 12.5 Å². The number of aliphatic hydroxyl groups excluding tert-OH is 1. The lowest BCUT2D eigenvalue weighted by molar-refractivity contribution is -0.124. The molecule has 0 saturated carbocycles. The van der Waals surface area contributed by atoms with Crippen molar-refractivity contribution < 1.29 is 19.4 Å². The minimum atomic E-state index is -0.729. The number of methoxy groups -OCH3 is 1. The van der Waals surface area contributed by atoms with Crippen LogP contribution in [0, 0.1) is 0 Å². The lowest BCUT2D eigenvalue weighted by Crippen LogP contribution is -2.47. The second-order valence-electron chi connectivity index (χ2n) is 10.0. The Morgan fingerprint density at radius 1 is 1.12 bits per heavy atom. The summed E-state index contributed by atoms with van der Waals surface area (Å²) in [4.78, 5) is 26.5. The van der Waals surface area contributed by atoms with Crippen molar-refractivity contribution >= 4 is 23.2 Å². The monoisotopic (exact) mass is 547 g/mol. The summed E-state index contributed by atoms with van der Waals surface area (Å²) < 4.78 is 11.2. The van der Waals surface area contributed by atoms with Gasteiger partial charge in [-0.25, -0.2) is 9.97 Å². The van der Waals surface area contributed by atoms with E-state index in [0.717, 1.165) is 52.6 Å². The number of morpholine rings is 1. The molecule has 0 aliphatic carbocycles. The first-order chi connectivity index (χ1) is 19.5. The van der Waals surface area contributed by atoms with Crippen molar-refractivity contribution in [3.63, 3.8) is 0 Å². The lowest BCUT2D eigenvalue weighted by atomic mass is 10.1. The molecule has 11 heteroatoms. The minimum absolute atomic E-state index is 0.236. The van der Waals surface area contributed by atoms with Crippen molar-refractivity contribution in [3.05, 3.63) is 59.8 Å². The van der Waals surface area contributed by atoms with E-state index in [9.17, 15) is 9.90 Å². The van der Waals surface area contributed by atoms with E-state index >= 15 is 0 Å². The number of hydrogen-bond acceptors (Lipinski definition) is 10. The summed E-state index contributed by atoms with van der Waals surface area (Å²) in [6.45, 7) is 4.72. The maximum Gasteiger partial charge on any atom is 0.239 e. The van der Waals surface area contributed by atoms with Crippen molar-refractivity contribution in [1.82, 2.24) is 25.5 Å². The van der Waals surface area contributed by atoms with E-state index in [0.29, 0.717) is 45.3 Å². The van der Waals surface area contributed by atoms with Gasteiger partial charge in [0.25, 0.3) is 0 Å². The first-order valence-corrected chi connectivity index (χ1v) is 13.6. The summed E-state index contributed by atoms with van der Waals surface area (Å²) in [5.41, 5.74) is 5.60. The van der Waals surface area contributed by atoms with E-state index in [1.165, 1.54) is 0 Å². The molecule has 6 bridgehead atoms. The fourth-order valence-corrected chi connectivity index (χ4v) is 4.97. The Bertz CT molecular complexity index is 1320. The van der Waals surface area contributed by atoms with Gasteiger partial charge in [0.15, 0.2) is 0 Å². The van der Waals surface area contributed by atoms with Gasteiger partial charge in [0.2, 0.25) is 11.9 Å². The quantitative estimate of drug-likeness (QED) is 0.386. The average molecular weight is 548 g/mol. The van der Waals surface area contributed by atoms with Gasteiger partial charge < -0.3 is 35.0 Å². The second-order valence-corrected chi connectivity index (χ2v) is 10.0. The van der Waals surface area contributed by atoms with Crippen LogP contribution in [-0.4, -0.2) is 92.1 Å². The molecule has 1 fully saturated rings. The number of amides is 1. The molecule has 3 heterocycles. The van der Waals surface area contributed by atoms with E-state index in [2.05, 4.69) is 48.9 Å². The second kappa shape index (κ2) is 13.1. The molecule has 1 amide bonds. The van der Waals surface area contributed by atoms with E-state index < -0.39 is 6.04 Å². The van der Waals surface area contributed by atoms with Gasteiger partial charge in [0.05, 0.1) is 32.6 Å². The van der Waals surface area contributed by atoms with Gasteiger partial charge in [-0.3, -0.25) is 10.1 Å². The van der Waals surface area contributed by atoms with Crippen molar-refractivity contribution in [2.45, 2.75) is 19.1 Å². The zero-order chi connectivity index (χ0) is 27.9. The zero-order valence-electron chi connectivity index (χ0n) is 23.0. The number of benzene rings is 2. The number of anilines is 3. The molecule has 1 atom stereocenters. The highest BCUT2D eigenvalue weighted by atomic mass is 16.5. The molecule has 11 nitrogen and oxygen atoms in total. The van der Waals surface area contributed by atoms with Crippen LogP contribution < -0.4 is 25.6 Å². The normalized spacial score (nSPS) is 19.0. The molecule has 2 aliphatic rings. The topological polar surface area (TPSA) is 124 Å². The third-order valence-corrected chi connectivity index (χ3v) is 7.13. The Labute approximate surface area is 234 Å². The summed E-state index contributed by atoms with van der Waals surface area (Å²) in [6, 6.07) is 13.4. The Hall–Kier alpha value is -3.77. The summed E-state index contributed by atoms with van der Waals surface area (Å²) in [6.07, 6.45) is 1.75. The van der Waals surface area contributed by atoms with E-state index in [4.69, 9.17) is 14.5 Å². The maximum absolute atomic E-state index is 12.9. The SMILES string of the molecule is COc1ccc2cc1CN(C)CCNC(=O)[C@H](CO)NCc1cc(cc(N3CCOCC3)c1)Nc1nccc-2n1. The predicted octanol–water partition coefficient (Wildman–Crippen LogP) is 1.74. The summed E-state index contributed by atoms with van der Waals surface area (Å²) in [7, 11) is 3.66. The largest absolute Gasteiger partial charge is 0.496 e. The van der Waals surface area contributed by atoms with Gasteiger partial charge in [-0.05, 0) is 55.1 Å². The van der Waals surface area contributed by atoms with Crippen LogP contribution in [0.1, 0.15) is 11.1 Å². The van der Waals surface area contributed by atoms with Crippen LogP contribution in [0.15, 0.2) is 48.7 Å². The number of nitrogens with one attached hydrogen (secondary N) is 3. The molecule has 1 saturated heterocycles. The van der Waals surface area contributed by atoms with Crippen molar-refractivity contribution in [1.29, 1.82) is 0 Å². The predicted molar refractivity (Wildman–Crippen MR) is 154 cm³/mol. The number of carbonyl (C=O) groups is 1. The molecule has 4 N–H and O–H groups in total. The van der Waals surface area contributed by atoms with Crippen LogP contribution in [-0.2, 0) is 22.6 Å². The molecule has 0 spiro atoms. The molecule has 40 heavy (non-hydrogen) atoms. The number of aliphatic hydroxyl groups is 1. The Morgan fingerprint density at radius 3 is 2.77 bits per heavy atom. The number of aromatic nitrogens is 2. The van der Waals surface area contributed by atoms with E-state index in [1.807, 2.05) is 31.3 Å². The van der Waals surface area contributed by atoms with Gasteiger partial charge in [0.1, 0.15) is 11.8 Å². The Morgan fingerprint density at radius 2 is 1.98 bits per heavy atom. The molecular formula is C29H37N7O4. The lowest BCUT2D eigenvalue weighted by Gasteiger charge is -2.30. The maximum atomic E-state index is 12.9. The van der Waals surface area contributed by atoms with Crippen LogP contribution in [0.2, 0.25) is 0 Å². The first kappa shape index (κ1) is 27.8. The molecule has 5 rings (SSSR count). The molecule has 3 aromatic rings. The van der Waals surface area contributed by atoms with Gasteiger partial charge in [-0.2, -0.15) is 0 Å². The minimum Gasteiger partial charge on any atom is -0.496 e. The molecule has 0 radical (unpaired) electrons. The van der Waals surface area contributed by atoms with E-state index in [1.54, 1.807) is 13.3 Å². The number of nitrogens with zero attached hydrogens (tertiary/aromatic N) is 4. The Balaban J connectivity index is 1.52. The third kappa shape index (κ3) is 6.86. The zero-order valence-corrected chi connectivity index (χ0v) is 23.0. The van der Waals surface area contributed by atoms with Crippen molar-refractivity contribution in [2.75, 3.05) is 70.4 Å². The standard InChI is InChI=1S/C29H37N7O4/c1-35-8-7-30-28(38)26(19-37)32-17-20-13-23(16-24(14-20)36-9-11-40-12-10-36)33-29-31-6-5-25(34-29)21-3-4-27(39-2)22(15-21)18-35/h3-6,13-16,26,32,37H,7-12,17-19H2,1-2H3,(H,30,38)(H,31,33,34)/t26-/m0/s1. The molecule has 212 valence electrons. The summed E-state index contributed by atoms with van der Waals surface area (Å²) in [5, 5.41) is 19.5. The van der Waals surface area contributed by atoms with Crippen LogP contribution in [0.3, 0.4) is 0 Å². The Kier molecular flexibility index (Phi) is 9.07. The highest BCUT2D eigenvalue weighted by molar-refractivity contribution is 5.81. The van der Waals surface area contributed by atoms with Crippen molar-refractivity contribution in [2.24, 2.45) is 0 Å². The highest BCUT2D eigenvalue weighted by Gasteiger charge is 2.19. The molecule has 2 aromatic carbocycles. The smallest absolute Gasteiger partial charge is 0.239 e. The number of rotatable bonds is 3. The van der Waals surface area contributed by atoms with Gasteiger partial charge >= 0.3 is 0 Å². The number of fused-ring (bicyclic) bond motifs is 7. The fraction of sp³-hybridized carbons (Fsp3) is 0.414. The van der Waals surface area contributed by atoms with Crippen LogP contribution in [0.4, 0.5) is 17.3 Å². The van der Waals surface area contributed by atoms with Gasteiger partial charge in [-0.15, -0.1) is 0 Å². The summed E-state index contributed by atoms with van der Waals surface area (Å²) >= 11 is 0. The van der Waals surface area contributed by atoms with Crippen LogP contribution in [0.25, 0.3) is 11.3 Å². The molecule has 1 aromatic heterocycles. The molecular weight excluding hydrogens is 510 g/mol. The number of carbonyl (C=O) groups excluding carboxylic acids is 1. The fourth-order valence-electron chi connectivity index (χ4n) is 4.97. The van der Waals surface area contributed by atoms with Crippen molar-refractivity contribution in [3.8, 4) is 17.0 Å². The average Bonchev–Trinajstić information content (AvgIpc) is 2.97. The number of likely N-dealkylation sites (N-methyl/N-ethyl adjacent to an activating group) is 1. The van der Waals surface area contributed by atoms with Crippen LogP contribution in [0.5, 0.6) is 5.75 Å². The third-order valence-electron chi connectivity index (χ3n) is 7.13. The summed E-state index contributed by atoms with van der Waals surface area (Å²) in [5.74, 6) is 1.03. The molecule has 0 unspecified atom stereocenters.